The minimum absolute atomic E-state index is 0.141. The fraction of sp³-hybridized carbons (Fsp3) is 0.571. The fourth-order valence-electron chi connectivity index (χ4n) is 3.17. The van der Waals surface area contributed by atoms with E-state index in [0.717, 1.165) is 25.7 Å². The maximum Gasteiger partial charge on any atom is 0.329 e. The Kier molecular flexibility index (Phi) is 8.42. The second kappa shape index (κ2) is 10.8. The van der Waals surface area contributed by atoms with Crippen molar-refractivity contribution in [2.45, 2.75) is 52.0 Å². The molecule has 1 aliphatic rings. The molecule has 0 unspecified atom stereocenters. The zero-order valence-corrected chi connectivity index (χ0v) is 16.6. The summed E-state index contributed by atoms with van der Waals surface area (Å²) in [6.07, 6.45) is 5.29. The lowest BCUT2D eigenvalue weighted by Crippen LogP contribution is -2.46. The van der Waals surface area contributed by atoms with Crippen molar-refractivity contribution in [2.24, 2.45) is 5.92 Å². The van der Waals surface area contributed by atoms with Crippen LogP contribution in [0.4, 0.5) is 4.39 Å². The first kappa shape index (κ1) is 21.9. The van der Waals surface area contributed by atoms with E-state index in [-0.39, 0.29) is 24.0 Å². The highest BCUT2D eigenvalue weighted by Crippen LogP contribution is 2.12. The highest BCUT2D eigenvalue weighted by atomic mass is 19.1. The highest BCUT2D eigenvalue weighted by Gasteiger charge is 2.28. The Balaban J connectivity index is 1.92. The number of benzene rings is 1. The van der Waals surface area contributed by atoms with E-state index in [9.17, 15) is 18.8 Å². The summed E-state index contributed by atoms with van der Waals surface area (Å²) in [7, 11) is 0. The van der Waals surface area contributed by atoms with Gasteiger partial charge >= 0.3 is 5.97 Å². The molecule has 7 heteroatoms. The van der Waals surface area contributed by atoms with E-state index in [1.54, 1.807) is 24.8 Å². The van der Waals surface area contributed by atoms with Gasteiger partial charge in [-0.1, -0.05) is 45.2 Å². The number of rotatable bonds is 6. The van der Waals surface area contributed by atoms with Crippen molar-refractivity contribution in [1.29, 1.82) is 0 Å². The summed E-state index contributed by atoms with van der Waals surface area (Å²) in [5.74, 6) is -2.55. The van der Waals surface area contributed by atoms with Crippen LogP contribution >= 0.6 is 0 Å². The quantitative estimate of drug-likeness (QED) is 0.756. The molecule has 1 heterocycles. The fourth-order valence-corrected chi connectivity index (χ4v) is 3.17. The van der Waals surface area contributed by atoms with Gasteiger partial charge in [0.2, 0.25) is 0 Å². The summed E-state index contributed by atoms with van der Waals surface area (Å²) in [4.78, 5) is 38.8. The van der Waals surface area contributed by atoms with E-state index in [0.29, 0.717) is 13.1 Å². The third-order valence-electron chi connectivity index (χ3n) is 4.87. The van der Waals surface area contributed by atoms with Gasteiger partial charge in [-0.2, -0.15) is 0 Å². The molecule has 0 radical (unpaired) electrons. The third-order valence-corrected chi connectivity index (χ3v) is 4.87. The van der Waals surface area contributed by atoms with Crippen LogP contribution in [0.15, 0.2) is 24.3 Å². The molecule has 0 aliphatic carbocycles. The van der Waals surface area contributed by atoms with Crippen LogP contribution in [0, 0.1) is 11.7 Å². The Morgan fingerprint density at radius 1 is 1.07 bits per heavy atom. The van der Waals surface area contributed by atoms with Crippen molar-refractivity contribution in [3.63, 3.8) is 0 Å². The van der Waals surface area contributed by atoms with E-state index in [1.807, 2.05) is 0 Å². The molecule has 0 spiro atoms. The van der Waals surface area contributed by atoms with Crippen molar-refractivity contribution in [3.8, 4) is 0 Å². The average molecular weight is 392 g/mol. The molecule has 6 nitrogen and oxygen atoms in total. The van der Waals surface area contributed by atoms with Crippen LogP contribution < -0.4 is 5.32 Å². The third kappa shape index (κ3) is 6.32. The molecule has 1 aliphatic heterocycles. The first-order valence-electron chi connectivity index (χ1n) is 9.90. The summed E-state index contributed by atoms with van der Waals surface area (Å²) in [5.41, 5.74) is -0.141. The number of nitrogens with zero attached hydrogens (tertiary/aromatic N) is 1. The molecule has 2 amide bonds. The number of hydrogen-bond acceptors (Lipinski definition) is 4. The number of carbonyl (C=O) groups is 3. The van der Waals surface area contributed by atoms with E-state index >= 15 is 0 Å². The van der Waals surface area contributed by atoms with Gasteiger partial charge in [0.15, 0.2) is 6.61 Å². The number of ether oxygens (including phenoxy) is 1. The Bertz CT molecular complexity index is 685. The molecule has 1 saturated heterocycles. The molecular weight excluding hydrogens is 363 g/mol. The molecule has 154 valence electrons. The predicted octanol–water partition coefficient (Wildman–Crippen LogP) is 2.92. The summed E-state index contributed by atoms with van der Waals surface area (Å²) < 4.78 is 19.0. The molecule has 1 N–H and O–H groups in total. The van der Waals surface area contributed by atoms with E-state index < -0.39 is 23.7 Å². The Morgan fingerprint density at radius 2 is 1.68 bits per heavy atom. The van der Waals surface area contributed by atoms with Crippen molar-refractivity contribution in [1.82, 2.24) is 10.2 Å². The standard InChI is InChI=1S/C21H29FN2O4/c1-15(2)19(23-20(26)16-10-6-7-11-17(16)22)21(27)28-14-18(25)24-12-8-4-3-5-9-13-24/h6-7,10-11,15,19H,3-5,8-9,12-14H2,1-2H3,(H,23,26)/t19-/m0/s1. The maximum atomic E-state index is 13.8. The van der Waals surface area contributed by atoms with Gasteiger partial charge in [0.05, 0.1) is 5.56 Å². The normalized spacial score (nSPS) is 16.1. The van der Waals surface area contributed by atoms with Crippen LogP contribution in [-0.2, 0) is 14.3 Å². The van der Waals surface area contributed by atoms with E-state index in [4.69, 9.17) is 4.74 Å². The Morgan fingerprint density at radius 3 is 2.29 bits per heavy atom. The molecule has 1 atom stereocenters. The molecule has 1 fully saturated rings. The molecule has 0 aromatic heterocycles. The molecule has 0 bridgehead atoms. The molecule has 0 saturated carbocycles. The monoisotopic (exact) mass is 392 g/mol. The van der Waals surface area contributed by atoms with Gasteiger partial charge in [-0.25, -0.2) is 9.18 Å². The minimum Gasteiger partial charge on any atom is -0.454 e. The molecule has 28 heavy (non-hydrogen) atoms. The first-order valence-corrected chi connectivity index (χ1v) is 9.90. The van der Waals surface area contributed by atoms with E-state index in [2.05, 4.69) is 5.32 Å². The number of hydrogen-bond donors (Lipinski definition) is 1. The van der Waals surface area contributed by atoms with Gasteiger partial charge in [0, 0.05) is 13.1 Å². The number of amides is 2. The van der Waals surface area contributed by atoms with Crippen LogP contribution in [0.1, 0.15) is 56.3 Å². The lowest BCUT2D eigenvalue weighted by molar-refractivity contribution is -0.154. The van der Waals surface area contributed by atoms with Crippen molar-refractivity contribution >= 4 is 17.8 Å². The van der Waals surface area contributed by atoms with Gasteiger partial charge in [-0.15, -0.1) is 0 Å². The lowest BCUT2D eigenvalue weighted by Gasteiger charge is -2.25. The first-order chi connectivity index (χ1) is 13.4. The second-order valence-corrected chi connectivity index (χ2v) is 7.43. The largest absolute Gasteiger partial charge is 0.454 e. The van der Waals surface area contributed by atoms with Crippen LogP contribution in [0.2, 0.25) is 0 Å². The summed E-state index contributed by atoms with van der Waals surface area (Å²) >= 11 is 0. The van der Waals surface area contributed by atoms with Gasteiger partial charge in [-0.3, -0.25) is 9.59 Å². The number of nitrogens with one attached hydrogen (secondary N) is 1. The van der Waals surface area contributed by atoms with Crippen LogP contribution in [-0.4, -0.2) is 48.4 Å². The second-order valence-electron chi connectivity index (χ2n) is 7.43. The number of halogens is 1. The van der Waals surface area contributed by atoms with Gasteiger partial charge < -0.3 is 15.0 Å². The SMILES string of the molecule is CC(C)[C@H](NC(=O)c1ccccc1F)C(=O)OCC(=O)N1CCCCCCC1. The van der Waals surface area contributed by atoms with Crippen LogP contribution in [0.25, 0.3) is 0 Å². The smallest absolute Gasteiger partial charge is 0.329 e. The predicted molar refractivity (Wildman–Crippen MR) is 103 cm³/mol. The molecule has 2 rings (SSSR count). The number of carbonyl (C=O) groups excluding carboxylic acids is 3. The molecule has 1 aromatic carbocycles. The zero-order chi connectivity index (χ0) is 20.5. The lowest BCUT2D eigenvalue weighted by atomic mass is 10.0. The topological polar surface area (TPSA) is 75.7 Å². The van der Waals surface area contributed by atoms with Gasteiger partial charge in [0.1, 0.15) is 11.9 Å². The summed E-state index contributed by atoms with van der Waals surface area (Å²) in [6.45, 7) is 4.49. The number of likely N-dealkylation sites (tertiary alicyclic amines) is 1. The van der Waals surface area contributed by atoms with Crippen molar-refractivity contribution in [3.05, 3.63) is 35.6 Å². The van der Waals surface area contributed by atoms with E-state index in [1.165, 1.54) is 24.6 Å². The van der Waals surface area contributed by atoms with Crippen LogP contribution in [0.3, 0.4) is 0 Å². The zero-order valence-electron chi connectivity index (χ0n) is 16.6. The summed E-state index contributed by atoms with van der Waals surface area (Å²) in [6, 6.07) is 4.59. The minimum atomic E-state index is -0.966. The molecule has 1 aromatic rings. The highest BCUT2D eigenvalue weighted by molar-refractivity contribution is 5.97. The maximum absolute atomic E-state index is 13.8. The summed E-state index contributed by atoms with van der Waals surface area (Å²) in [5, 5.41) is 2.52. The van der Waals surface area contributed by atoms with Crippen LogP contribution in [0.5, 0.6) is 0 Å². The van der Waals surface area contributed by atoms with Gasteiger partial charge in [0.25, 0.3) is 11.8 Å². The van der Waals surface area contributed by atoms with Crippen molar-refractivity contribution in [2.75, 3.05) is 19.7 Å². The Labute approximate surface area is 165 Å². The average Bonchev–Trinajstić information content (AvgIpc) is 2.63. The Hall–Kier alpha value is -2.44. The molecular formula is C21H29FN2O4. The van der Waals surface area contributed by atoms with Crippen molar-refractivity contribution < 1.29 is 23.5 Å². The van der Waals surface area contributed by atoms with Gasteiger partial charge in [-0.05, 0) is 30.9 Å². The number of esters is 1.